The van der Waals surface area contributed by atoms with Crippen LogP contribution in [0.3, 0.4) is 0 Å². The lowest BCUT2D eigenvalue weighted by Crippen LogP contribution is -2.46. The van der Waals surface area contributed by atoms with Crippen molar-refractivity contribution >= 4 is 11.9 Å². The minimum Gasteiger partial charge on any atom is -0.468 e. The smallest absolute Gasteiger partial charge is 0.325 e. The monoisotopic (exact) mass is 294 g/mol. The summed E-state index contributed by atoms with van der Waals surface area (Å²) in [5.74, 6) is -0.764. The van der Waals surface area contributed by atoms with Gasteiger partial charge in [0.05, 0.1) is 13.2 Å². The van der Waals surface area contributed by atoms with Crippen LogP contribution in [0.25, 0.3) is 0 Å². The van der Waals surface area contributed by atoms with Gasteiger partial charge < -0.3 is 20.1 Å². The average molecular weight is 294 g/mol. The van der Waals surface area contributed by atoms with E-state index in [2.05, 4.69) is 4.74 Å². The summed E-state index contributed by atoms with van der Waals surface area (Å²) in [4.78, 5) is 25.2. The van der Waals surface area contributed by atoms with Gasteiger partial charge in [-0.05, 0) is 12.0 Å². The molecule has 21 heavy (non-hydrogen) atoms. The number of ether oxygens (including phenoxy) is 2. The Hall–Kier alpha value is -1.92. The predicted molar refractivity (Wildman–Crippen MR) is 78.3 cm³/mol. The van der Waals surface area contributed by atoms with Crippen LogP contribution in [0.4, 0.5) is 0 Å². The Labute approximate surface area is 124 Å². The third-order valence-corrected chi connectivity index (χ3v) is 3.03. The Balaban J connectivity index is 2.76. The van der Waals surface area contributed by atoms with Gasteiger partial charge in [0, 0.05) is 20.3 Å². The molecule has 0 heterocycles. The summed E-state index contributed by atoms with van der Waals surface area (Å²) in [5, 5.41) is 0. The minimum atomic E-state index is -0.696. The summed E-state index contributed by atoms with van der Waals surface area (Å²) in [6.45, 7) is 0.588. The van der Waals surface area contributed by atoms with Gasteiger partial charge >= 0.3 is 5.97 Å². The first-order valence-corrected chi connectivity index (χ1v) is 6.72. The SMILES string of the molecule is COCCC(N)C(=O)N(CC(=O)OC)Cc1ccccc1. The molecule has 0 aliphatic rings. The van der Waals surface area contributed by atoms with E-state index in [4.69, 9.17) is 10.5 Å². The van der Waals surface area contributed by atoms with Gasteiger partial charge in [-0.3, -0.25) is 9.59 Å². The van der Waals surface area contributed by atoms with Crippen LogP contribution < -0.4 is 5.73 Å². The van der Waals surface area contributed by atoms with Gasteiger partial charge in [0.1, 0.15) is 6.54 Å². The van der Waals surface area contributed by atoms with E-state index >= 15 is 0 Å². The normalized spacial score (nSPS) is 11.8. The van der Waals surface area contributed by atoms with Crippen molar-refractivity contribution in [1.82, 2.24) is 4.90 Å². The number of benzene rings is 1. The van der Waals surface area contributed by atoms with Crippen molar-refractivity contribution in [1.29, 1.82) is 0 Å². The molecule has 1 unspecified atom stereocenters. The van der Waals surface area contributed by atoms with Gasteiger partial charge in [0.25, 0.3) is 0 Å². The Bertz CT molecular complexity index is 450. The average Bonchev–Trinajstić information content (AvgIpc) is 2.52. The molecule has 116 valence electrons. The van der Waals surface area contributed by atoms with E-state index in [1.165, 1.54) is 12.0 Å². The van der Waals surface area contributed by atoms with Gasteiger partial charge in [-0.2, -0.15) is 0 Å². The second kappa shape index (κ2) is 9.10. The maximum Gasteiger partial charge on any atom is 0.325 e. The van der Waals surface area contributed by atoms with Gasteiger partial charge in [-0.15, -0.1) is 0 Å². The van der Waals surface area contributed by atoms with Gasteiger partial charge in [0.2, 0.25) is 5.91 Å². The van der Waals surface area contributed by atoms with Gasteiger partial charge in [-0.1, -0.05) is 30.3 Å². The van der Waals surface area contributed by atoms with Gasteiger partial charge in [0.15, 0.2) is 0 Å². The lowest BCUT2D eigenvalue weighted by molar-refractivity contribution is -0.148. The topological polar surface area (TPSA) is 81.9 Å². The van der Waals surface area contributed by atoms with E-state index < -0.39 is 12.0 Å². The molecule has 1 aromatic carbocycles. The zero-order chi connectivity index (χ0) is 15.7. The molecule has 0 radical (unpaired) electrons. The third-order valence-electron chi connectivity index (χ3n) is 3.03. The molecule has 6 nitrogen and oxygen atoms in total. The summed E-state index contributed by atoms with van der Waals surface area (Å²) >= 11 is 0. The second-order valence-electron chi connectivity index (χ2n) is 4.64. The summed E-state index contributed by atoms with van der Waals surface area (Å²) in [6.07, 6.45) is 0.405. The van der Waals surface area contributed by atoms with Crippen LogP contribution in [-0.4, -0.2) is 50.2 Å². The zero-order valence-electron chi connectivity index (χ0n) is 12.5. The predicted octanol–water partition coefficient (Wildman–Crippen LogP) is 0.552. The minimum absolute atomic E-state index is 0.120. The lowest BCUT2D eigenvalue weighted by atomic mass is 10.1. The highest BCUT2D eigenvalue weighted by Crippen LogP contribution is 2.07. The first-order valence-electron chi connectivity index (χ1n) is 6.72. The maximum absolute atomic E-state index is 12.3. The number of rotatable bonds is 8. The molecule has 0 aromatic heterocycles. The molecule has 0 saturated carbocycles. The van der Waals surface area contributed by atoms with Crippen LogP contribution in [-0.2, 0) is 25.6 Å². The number of hydrogen-bond donors (Lipinski definition) is 1. The van der Waals surface area contributed by atoms with Crippen LogP contribution in [0.2, 0.25) is 0 Å². The highest BCUT2D eigenvalue weighted by Gasteiger charge is 2.23. The number of methoxy groups -OCH3 is 2. The molecule has 0 aliphatic heterocycles. The summed E-state index contributed by atoms with van der Waals surface area (Å²) in [6, 6.07) is 8.72. The van der Waals surface area contributed by atoms with E-state index in [-0.39, 0.29) is 12.5 Å². The zero-order valence-corrected chi connectivity index (χ0v) is 12.5. The number of nitrogens with zero attached hydrogens (tertiary/aromatic N) is 1. The van der Waals surface area contributed by atoms with Crippen LogP contribution in [0.15, 0.2) is 30.3 Å². The largest absolute Gasteiger partial charge is 0.468 e. The standard InChI is InChI=1S/C15H22N2O4/c1-20-9-8-13(16)15(19)17(11-14(18)21-2)10-12-6-4-3-5-7-12/h3-7,13H,8-11,16H2,1-2H3. The number of esters is 1. The molecule has 1 rings (SSSR count). The summed E-state index contributed by atoms with van der Waals surface area (Å²) in [7, 11) is 2.84. The van der Waals surface area contributed by atoms with Crippen molar-refractivity contribution in [2.45, 2.75) is 19.0 Å². The van der Waals surface area contributed by atoms with Crippen LogP contribution >= 0.6 is 0 Å². The van der Waals surface area contributed by atoms with E-state index in [0.717, 1.165) is 5.56 Å². The molecule has 1 atom stereocenters. The number of amides is 1. The van der Waals surface area contributed by atoms with Crippen LogP contribution in [0.1, 0.15) is 12.0 Å². The van der Waals surface area contributed by atoms with E-state index in [9.17, 15) is 9.59 Å². The van der Waals surface area contributed by atoms with Crippen LogP contribution in [0.5, 0.6) is 0 Å². The Morgan fingerprint density at radius 2 is 1.90 bits per heavy atom. The van der Waals surface area contributed by atoms with Crippen molar-refractivity contribution in [2.24, 2.45) is 5.73 Å². The van der Waals surface area contributed by atoms with Crippen LogP contribution in [0, 0.1) is 0 Å². The first-order chi connectivity index (χ1) is 10.1. The second-order valence-corrected chi connectivity index (χ2v) is 4.64. The quantitative estimate of drug-likeness (QED) is 0.708. The molecule has 6 heteroatoms. The Kier molecular flexibility index (Phi) is 7.42. The van der Waals surface area contributed by atoms with E-state index in [1.54, 1.807) is 7.11 Å². The molecule has 0 spiro atoms. The molecule has 1 aromatic rings. The fourth-order valence-electron chi connectivity index (χ4n) is 1.84. The highest BCUT2D eigenvalue weighted by molar-refractivity contribution is 5.85. The molecular weight excluding hydrogens is 272 g/mol. The van der Waals surface area contributed by atoms with E-state index in [0.29, 0.717) is 19.6 Å². The highest BCUT2D eigenvalue weighted by atomic mass is 16.5. The first kappa shape index (κ1) is 17.1. The molecule has 1 amide bonds. The van der Waals surface area contributed by atoms with Crippen molar-refractivity contribution < 1.29 is 19.1 Å². The summed E-state index contributed by atoms with van der Waals surface area (Å²) in [5.41, 5.74) is 6.78. The molecular formula is C15H22N2O4. The third kappa shape index (κ3) is 5.93. The number of carbonyl (C=O) groups is 2. The molecule has 2 N–H and O–H groups in total. The molecule has 0 saturated heterocycles. The van der Waals surface area contributed by atoms with Crippen molar-refractivity contribution in [3.63, 3.8) is 0 Å². The molecule has 0 aliphatic carbocycles. The van der Waals surface area contributed by atoms with E-state index in [1.807, 2.05) is 30.3 Å². The Morgan fingerprint density at radius 1 is 1.24 bits per heavy atom. The number of nitrogens with two attached hydrogens (primary N) is 1. The maximum atomic E-state index is 12.3. The van der Waals surface area contributed by atoms with Crippen molar-refractivity contribution in [2.75, 3.05) is 27.4 Å². The molecule has 0 fully saturated rings. The summed E-state index contributed by atoms with van der Waals surface area (Å²) < 4.78 is 9.55. The molecule has 0 bridgehead atoms. The van der Waals surface area contributed by atoms with Crippen molar-refractivity contribution in [3.8, 4) is 0 Å². The fourth-order valence-corrected chi connectivity index (χ4v) is 1.84. The number of hydrogen-bond acceptors (Lipinski definition) is 5. The van der Waals surface area contributed by atoms with Crippen molar-refractivity contribution in [3.05, 3.63) is 35.9 Å². The Morgan fingerprint density at radius 3 is 2.48 bits per heavy atom. The number of carbonyl (C=O) groups excluding carboxylic acids is 2. The fraction of sp³-hybridized carbons (Fsp3) is 0.467. The van der Waals surface area contributed by atoms with Gasteiger partial charge in [-0.25, -0.2) is 0 Å². The lowest BCUT2D eigenvalue weighted by Gasteiger charge is -2.24.